The molecule has 1 spiro atoms. The number of methoxy groups -OCH3 is 3. The van der Waals surface area contributed by atoms with Crippen molar-refractivity contribution in [2.75, 3.05) is 142 Å². The molecule has 0 unspecified atom stereocenters. The van der Waals surface area contributed by atoms with Gasteiger partial charge in [-0.25, -0.2) is 19.2 Å². The van der Waals surface area contributed by atoms with E-state index in [1.54, 1.807) is 21.9 Å². The van der Waals surface area contributed by atoms with Gasteiger partial charge in [0.05, 0.1) is 147 Å². The highest BCUT2D eigenvalue weighted by molar-refractivity contribution is 6.06. The number of ether oxygens (including phenoxy) is 17. The van der Waals surface area contributed by atoms with Gasteiger partial charge in [-0.1, -0.05) is 91.5 Å². The van der Waals surface area contributed by atoms with E-state index in [4.69, 9.17) is 80.5 Å². The zero-order chi connectivity index (χ0) is 87.1. The summed E-state index contributed by atoms with van der Waals surface area (Å²) in [4.78, 5) is 140. The second-order valence-corrected chi connectivity index (χ2v) is 30.2. The number of alkyl carbamates (subject to hydrolysis) is 1. The second kappa shape index (κ2) is 43.1. The topological polar surface area (TPSA) is 394 Å². The molecule has 0 bridgehead atoms. The van der Waals surface area contributed by atoms with Crippen molar-refractivity contribution >= 4 is 76.9 Å². The fourth-order valence-corrected chi connectivity index (χ4v) is 15.6. The summed E-state index contributed by atoms with van der Waals surface area (Å²) in [5, 5.41) is 18.7. The summed E-state index contributed by atoms with van der Waals surface area (Å²) >= 11 is 0. The Bertz CT molecular complexity index is 4740. The molecule has 34 heteroatoms. The Morgan fingerprint density at radius 1 is 0.610 bits per heavy atom. The van der Waals surface area contributed by atoms with Gasteiger partial charge in [0.1, 0.15) is 25.6 Å². The number of anilines is 3. The van der Waals surface area contributed by atoms with E-state index >= 15 is 0 Å². The number of nitrogens with one attached hydrogen (secondary N) is 3. The average molecular weight is 1710 g/mol. The zero-order valence-electron chi connectivity index (χ0n) is 69.6. The van der Waals surface area contributed by atoms with Crippen LogP contribution >= 0.6 is 0 Å². The van der Waals surface area contributed by atoms with Crippen LogP contribution in [0.4, 0.5) is 31.4 Å². The number of likely N-dealkylation sites (tertiary alicyclic amines) is 1. The van der Waals surface area contributed by atoms with Crippen LogP contribution in [-0.2, 0) is 100 Å². The number of hydrogen-bond acceptors (Lipinski definition) is 28. The fraction of sp³-hybridized carbons (Fsp3) is 0.461. The van der Waals surface area contributed by atoms with E-state index in [0.717, 1.165) is 74.1 Å². The monoisotopic (exact) mass is 1700 g/mol. The molecule has 6 aromatic rings. The molecule has 6 aliphatic rings. The quantitative estimate of drug-likeness (QED) is 0.0120. The molecule has 123 heavy (non-hydrogen) atoms. The third kappa shape index (κ3) is 23.2. The summed E-state index contributed by atoms with van der Waals surface area (Å²) in [6.07, 6.45) is -5.43. The first-order valence-corrected chi connectivity index (χ1v) is 40.8. The summed E-state index contributed by atoms with van der Waals surface area (Å²) < 4.78 is 97.7. The number of aliphatic hydroxyl groups excluding tert-OH is 1. The van der Waals surface area contributed by atoms with Gasteiger partial charge in [-0.15, -0.1) is 0 Å². The summed E-state index contributed by atoms with van der Waals surface area (Å²) in [6.45, 7) is 8.98. The van der Waals surface area contributed by atoms with Gasteiger partial charge in [0.15, 0.2) is 41.3 Å². The van der Waals surface area contributed by atoms with Gasteiger partial charge in [0.2, 0.25) is 18.3 Å². The summed E-state index contributed by atoms with van der Waals surface area (Å²) in [7, 11) is 3.90. The van der Waals surface area contributed by atoms with E-state index in [1.807, 2.05) is 48.5 Å². The van der Waals surface area contributed by atoms with Crippen LogP contribution in [0.2, 0.25) is 0 Å². The lowest BCUT2D eigenvalue weighted by Crippen LogP contribution is -2.64. The smallest absolute Gasteiger partial charge is 0.414 e. The van der Waals surface area contributed by atoms with Crippen molar-refractivity contribution in [1.82, 2.24) is 15.1 Å². The Balaban J connectivity index is 0.662. The van der Waals surface area contributed by atoms with Crippen LogP contribution in [-0.4, -0.2) is 244 Å². The number of benzene rings is 6. The molecular weight excluding hydrogens is 1600 g/mol. The predicted octanol–water partition coefficient (Wildman–Crippen LogP) is 9.78. The number of esters is 4. The molecular formula is C89H104N6O28. The standard InChI is InChI=1S/C89H104N6O28/c1-8-30-116-88(106)94-49-60-42-58-18-10-11-19-59(58)48-93(60)83(102)67-44-74(108-6)76(46-71(67)94)115-32-17-9-16-31-114-75-45-69(66(43-73(75)107-5)82(101)95-53-89(27-28-89)47-61(95)50-96)92-87(105)117-51-57-24-25-72(122-85-81(121-56(4)99)79(120-55(3)98)78(119-54(2)97)80(123-85)84(103)109-7)70(41-57)91-77(100)26-33-110-35-37-112-39-40-113-38-36-111-34-29-90-86(104)118-52-68-64-22-14-12-20-62(64)63-21-13-15-23-65(63)68/h8,10-15,18-25,41,43-46,60-61,68,78-81,85,96H,1,9,16-17,26-40,42,47-53H2,2-7H3,(H,90,104)(H,91,100)(H,92,105)/t60-,61-,78-,79-,80-,81+,85+/m0/s1. The summed E-state index contributed by atoms with van der Waals surface area (Å²) in [5.41, 5.74) is 7.20. The molecule has 34 nitrogen and oxygen atoms in total. The number of aliphatic hydroxyl groups is 1. The largest absolute Gasteiger partial charge is 0.493 e. The molecule has 0 aromatic heterocycles. The minimum atomic E-state index is -1.85. The van der Waals surface area contributed by atoms with E-state index in [-0.39, 0.29) is 180 Å². The van der Waals surface area contributed by atoms with Gasteiger partial charge in [-0.2, -0.15) is 0 Å². The van der Waals surface area contributed by atoms with Crippen molar-refractivity contribution in [1.29, 1.82) is 0 Å². The molecule has 2 aliphatic carbocycles. The molecule has 658 valence electrons. The van der Waals surface area contributed by atoms with Crippen LogP contribution in [0.5, 0.6) is 28.7 Å². The molecule has 6 amide bonds. The minimum absolute atomic E-state index is 0.00566. The lowest BCUT2D eigenvalue weighted by Gasteiger charge is -2.43. The molecule has 0 radical (unpaired) electrons. The predicted molar refractivity (Wildman–Crippen MR) is 440 cm³/mol. The molecule has 12 rings (SSSR count). The van der Waals surface area contributed by atoms with Gasteiger partial charge >= 0.3 is 42.2 Å². The summed E-state index contributed by atoms with van der Waals surface area (Å²) in [5.74, 6) is -4.63. The average Bonchev–Trinajstić information content (AvgIpc) is 1.66. The van der Waals surface area contributed by atoms with Crippen molar-refractivity contribution in [3.8, 4) is 39.9 Å². The first-order chi connectivity index (χ1) is 59.6. The van der Waals surface area contributed by atoms with Crippen molar-refractivity contribution in [3.63, 3.8) is 0 Å². The van der Waals surface area contributed by atoms with Crippen LogP contribution < -0.4 is 44.5 Å². The maximum atomic E-state index is 14.8. The van der Waals surface area contributed by atoms with Crippen molar-refractivity contribution in [2.24, 2.45) is 5.41 Å². The van der Waals surface area contributed by atoms with Crippen molar-refractivity contribution in [3.05, 3.63) is 167 Å². The van der Waals surface area contributed by atoms with Crippen LogP contribution in [0.25, 0.3) is 11.1 Å². The molecule has 4 N–H and O–H groups in total. The van der Waals surface area contributed by atoms with E-state index in [0.29, 0.717) is 56.6 Å². The zero-order valence-corrected chi connectivity index (χ0v) is 69.6. The first-order valence-electron chi connectivity index (χ1n) is 40.8. The lowest BCUT2D eigenvalue weighted by molar-refractivity contribution is -0.282. The Hall–Kier alpha value is -12.1. The Labute approximate surface area is 711 Å². The van der Waals surface area contributed by atoms with Crippen LogP contribution in [0.1, 0.15) is 120 Å². The van der Waals surface area contributed by atoms with Crippen LogP contribution in [0, 0.1) is 5.41 Å². The highest BCUT2D eigenvalue weighted by Gasteiger charge is 2.57. The van der Waals surface area contributed by atoms with Crippen LogP contribution in [0.3, 0.4) is 0 Å². The number of carbonyl (C=O) groups excluding carboxylic acids is 10. The first kappa shape index (κ1) is 90.2. The number of hydrogen-bond donors (Lipinski definition) is 4. The molecule has 4 aliphatic heterocycles. The van der Waals surface area contributed by atoms with Gasteiger partial charge in [-0.3, -0.25) is 39.0 Å². The van der Waals surface area contributed by atoms with Gasteiger partial charge in [0, 0.05) is 58.5 Å². The van der Waals surface area contributed by atoms with Crippen molar-refractivity contribution in [2.45, 2.75) is 134 Å². The number of carbonyl (C=O) groups is 10. The maximum Gasteiger partial charge on any atom is 0.414 e. The number of unbranched alkanes of at least 4 members (excludes halogenated alkanes) is 2. The Morgan fingerprint density at radius 2 is 1.23 bits per heavy atom. The fourth-order valence-electron chi connectivity index (χ4n) is 15.6. The second-order valence-electron chi connectivity index (χ2n) is 30.2. The third-order valence-corrected chi connectivity index (χ3v) is 21.7. The van der Waals surface area contributed by atoms with E-state index in [9.17, 15) is 53.1 Å². The number of rotatable bonds is 41. The van der Waals surface area contributed by atoms with Crippen molar-refractivity contribution < 1.29 is 134 Å². The van der Waals surface area contributed by atoms with Gasteiger partial charge < -0.3 is 106 Å². The van der Waals surface area contributed by atoms with Gasteiger partial charge in [-0.05, 0) is 114 Å². The number of nitrogens with zero attached hydrogens (tertiary/aromatic N) is 3. The number of amides is 6. The number of fused-ring (bicyclic) bond motifs is 6. The maximum absolute atomic E-state index is 14.8. The molecule has 2 saturated heterocycles. The molecule has 4 heterocycles. The Morgan fingerprint density at radius 3 is 1.87 bits per heavy atom. The lowest BCUT2D eigenvalue weighted by atomic mass is 9.93. The molecule has 6 aromatic carbocycles. The highest BCUT2D eigenvalue weighted by atomic mass is 16.7. The Kier molecular flexibility index (Phi) is 31.6. The van der Waals surface area contributed by atoms with Gasteiger partial charge in [0.25, 0.3) is 11.8 Å². The highest BCUT2D eigenvalue weighted by Crippen LogP contribution is 2.55. The van der Waals surface area contributed by atoms with E-state index in [1.165, 1.54) is 55.5 Å². The van der Waals surface area contributed by atoms with E-state index < -0.39 is 97.3 Å². The van der Waals surface area contributed by atoms with E-state index in [2.05, 4.69) is 46.8 Å². The SMILES string of the molecule is C=CCOC(=O)N1C[C@@H]2Cc3ccccc3CN2C(=O)c2cc(OC)c(OCCCCCOc3cc(NC(=O)OCc4ccc(O[C@@H]5O[C@H](C(=O)OC)[C@@H](OC(C)=O)[C@H](OC(C)=O)[C@H]5OC(C)=O)c(NC(=O)CCOCCOCCOCCOCCNC(=O)OCC5c6ccccc6-c6ccccc65)c4)c(C(=O)N4CC5(CC5)C[C@H]4CO)cc3OC)cc21. The molecule has 1 saturated carbocycles. The third-order valence-electron chi connectivity index (χ3n) is 21.7. The molecule has 3 fully saturated rings. The summed E-state index contributed by atoms with van der Waals surface area (Å²) in [6, 6.07) is 33.5. The normalized spacial score (nSPS) is 18.8. The minimum Gasteiger partial charge on any atom is -0.493 e. The van der Waals surface area contributed by atoms with Crippen LogP contribution in [0.15, 0.2) is 128 Å². The molecule has 7 atom stereocenters.